The van der Waals surface area contributed by atoms with Crippen molar-refractivity contribution in [3.05, 3.63) is 35.9 Å². The zero-order chi connectivity index (χ0) is 17.0. The first kappa shape index (κ1) is 17.2. The molecule has 0 bridgehead atoms. The summed E-state index contributed by atoms with van der Waals surface area (Å²) in [6.45, 7) is 6.78. The number of carbonyl (C=O) groups is 1. The summed E-state index contributed by atoms with van der Waals surface area (Å²) >= 11 is 0. The standard InChI is InChI=1S/C19H28N2O3/c1-3-19(2)14-21(10-12-24-19)18(22)20-16-9-11-23-17(13-16)15-7-5-4-6-8-15/h4-8,16-17H,3,9-14H2,1-2H3,(H,20,22)/t16-,17-,19+/m0/s1. The lowest BCUT2D eigenvalue weighted by molar-refractivity contribution is -0.0879. The SMILES string of the molecule is CC[C@]1(C)CN(C(=O)N[C@H]2CCO[C@H](c3ccccc3)C2)CCO1. The van der Waals surface area contributed by atoms with Crippen LogP contribution in [-0.4, -0.2) is 48.9 Å². The molecule has 1 aromatic carbocycles. The summed E-state index contributed by atoms with van der Waals surface area (Å²) < 4.78 is 11.7. The minimum Gasteiger partial charge on any atom is -0.373 e. The van der Waals surface area contributed by atoms with Gasteiger partial charge in [-0.3, -0.25) is 0 Å². The predicted octanol–water partition coefficient (Wildman–Crippen LogP) is 3.12. The van der Waals surface area contributed by atoms with Gasteiger partial charge in [-0.1, -0.05) is 37.3 Å². The molecule has 0 aliphatic carbocycles. The average Bonchev–Trinajstić information content (AvgIpc) is 2.63. The highest BCUT2D eigenvalue weighted by molar-refractivity contribution is 5.74. The lowest BCUT2D eigenvalue weighted by Gasteiger charge is -2.41. The minimum atomic E-state index is -0.224. The van der Waals surface area contributed by atoms with Gasteiger partial charge in [0.2, 0.25) is 0 Å². The monoisotopic (exact) mass is 332 g/mol. The molecule has 1 aromatic rings. The number of amides is 2. The van der Waals surface area contributed by atoms with Gasteiger partial charge in [-0.2, -0.15) is 0 Å². The van der Waals surface area contributed by atoms with E-state index in [1.807, 2.05) is 23.1 Å². The van der Waals surface area contributed by atoms with Crippen molar-refractivity contribution in [2.75, 3.05) is 26.3 Å². The van der Waals surface area contributed by atoms with Gasteiger partial charge in [0.15, 0.2) is 0 Å². The number of morpholine rings is 1. The van der Waals surface area contributed by atoms with Crippen molar-refractivity contribution in [3.8, 4) is 0 Å². The summed E-state index contributed by atoms with van der Waals surface area (Å²) in [6.07, 6.45) is 2.66. The Morgan fingerprint density at radius 2 is 2.12 bits per heavy atom. The first-order chi connectivity index (χ1) is 11.6. The van der Waals surface area contributed by atoms with Gasteiger partial charge in [0.1, 0.15) is 0 Å². The fraction of sp³-hybridized carbons (Fsp3) is 0.632. The van der Waals surface area contributed by atoms with E-state index in [2.05, 4.69) is 31.3 Å². The van der Waals surface area contributed by atoms with Crippen LogP contribution in [0, 0.1) is 0 Å². The summed E-state index contributed by atoms with van der Waals surface area (Å²) in [5, 5.41) is 3.20. The van der Waals surface area contributed by atoms with E-state index in [1.165, 1.54) is 5.56 Å². The van der Waals surface area contributed by atoms with Gasteiger partial charge in [0, 0.05) is 19.2 Å². The van der Waals surface area contributed by atoms with Gasteiger partial charge < -0.3 is 19.7 Å². The van der Waals surface area contributed by atoms with E-state index < -0.39 is 0 Å². The number of carbonyl (C=O) groups excluding carboxylic acids is 1. The van der Waals surface area contributed by atoms with Gasteiger partial charge in [-0.05, 0) is 31.7 Å². The Kier molecular flexibility index (Phi) is 5.41. The number of urea groups is 1. The number of hydrogen-bond acceptors (Lipinski definition) is 3. The molecule has 0 spiro atoms. The third-order valence-electron chi connectivity index (χ3n) is 5.16. The van der Waals surface area contributed by atoms with Crippen molar-refractivity contribution in [1.82, 2.24) is 10.2 Å². The highest BCUT2D eigenvalue weighted by Crippen LogP contribution is 2.28. The Labute approximate surface area is 144 Å². The molecular formula is C19H28N2O3. The maximum atomic E-state index is 12.6. The molecule has 2 aliphatic rings. The summed E-state index contributed by atoms with van der Waals surface area (Å²) in [4.78, 5) is 14.5. The molecule has 132 valence electrons. The highest BCUT2D eigenvalue weighted by atomic mass is 16.5. The molecule has 2 aliphatic heterocycles. The van der Waals surface area contributed by atoms with Crippen LogP contribution in [0.15, 0.2) is 30.3 Å². The maximum absolute atomic E-state index is 12.6. The van der Waals surface area contributed by atoms with E-state index in [-0.39, 0.29) is 23.8 Å². The van der Waals surface area contributed by atoms with Crippen LogP contribution < -0.4 is 5.32 Å². The van der Waals surface area contributed by atoms with Crippen molar-refractivity contribution in [1.29, 1.82) is 0 Å². The molecule has 3 atom stereocenters. The fourth-order valence-electron chi connectivity index (χ4n) is 3.41. The minimum absolute atomic E-state index is 0.0247. The number of nitrogens with one attached hydrogen (secondary N) is 1. The van der Waals surface area contributed by atoms with Crippen molar-refractivity contribution >= 4 is 6.03 Å². The van der Waals surface area contributed by atoms with Crippen LogP contribution in [0.1, 0.15) is 44.8 Å². The van der Waals surface area contributed by atoms with Crippen molar-refractivity contribution in [3.63, 3.8) is 0 Å². The van der Waals surface area contributed by atoms with E-state index in [0.717, 1.165) is 19.3 Å². The van der Waals surface area contributed by atoms with Gasteiger partial charge in [-0.25, -0.2) is 4.79 Å². The summed E-state index contributed by atoms with van der Waals surface area (Å²) in [5.74, 6) is 0. The Morgan fingerprint density at radius 1 is 1.33 bits per heavy atom. The second-order valence-corrected chi connectivity index (χ2v) is 7.01. The first-order valence-corrected chi connectivity index (χ1v) is 8.95. The van der Waals surface area contributed by atoms with Crippen molar-refractivity contribution < 1.29 is 14.3 Å². The van der Waals surface area contributed by atoms with E-state index in [4.69, 9.17) is 9.47 Å². The molecule has 5 nitrogen and oxygen atoms in total. The van der Waals surface area contributed by atoms with Crippen LogP contribution in [0.5, 0.6) is 0 Å². The highest BCUT2D eigenvalue weighted by Gasteiger charge is 2.34. The summed E-state index contributed by atoms with van der Waals surface area (Å²) in [6, 6.07) is 10.4. The van der Waals surface area contributed by atoms with Crippen LogP contribution in [0.2, 0.25) is 0 Å². The predicted molar refractivity (Wildman–Crippen MR) is 92.9 cm³/mol. The molecule has 2 saturated heterocycles. The molecule has 2 amide bonds. The van der Waals surface area contributed by atoms with E-state index in [9.17, 15) is 4.79 Å². The van der Waals surface area contributed by atoms with Crippen molar-refractivity contribution in [2.45, 2.75) is 50.9 Å². The topological polar surface area (TPSA) is 50.8 Å². The van der Waals surface area contributed by atoms with E-state index >= 15 is 0 Å². The molecule has 2 heterocycles. The summed E-state index contributed by atoms with van der Waals surface area (Å²) in [7, 11) is 0. The number of rotatable bonds is 3. The third-order valence-corrected chi connectivity index (χ3v) is 5.16. The molecule has 1 N–H and O–H groups in total. The van der Waals surface area contributed by atoms with Crippen LogP contribution >= 0.6 is 0 Å². The zero-order valence-electron chi connectivity index (χ0n) is 14.7. The number of nitrogens with zero attached hydrogens (tertiary/aromatic N) is 1. The lowest BCUT2D eigenvalue weighted by atomic mass is 9.97. The van der Waals surface area contributed by atoms with Gasteiger partial charge in [-0.15, -0.1) is 0 Å². The second kappa shape index (κ2) is 7.53. The first-order valence-electron chi connectivity index (χ1n) is 8.95. The van der Waals surface area contributed by atoms with E-state index in [1.54, 1.807) is 0 Å². The second-order valence-electron chi connectivity index (χ2n) is 7.01. The Balaban J connectivity index is 1.56. The van der Waals surface area contributed by atoms with Crippen LogP contribution in [-0.2, 0) is 9.47 Å². The van der Waals surface area contributed by atoms with Gasteiger partial charge in [0.25, 0.3) is 0 Å². The Bertz CT molecular complexity index is 551. The smallest absolute Gasteiger partial charge is 0.317 e. The number of hydrogen-bond donors (Lipinski definition) is 1. The zero-order valence-corrected chi connectivity index (χ0v) is 14.7. The molecule has 0 saturated carbocycles. The Morgan fingerprint density at radius 3 is 2.88 bits per heavy atom. The molecule has 0 aromatic heterocycles. The quantitative estimate of drug-likeness (QED) is 0.925. The van der Waals surface area contributed by atoms with Crippen LogP contribution in [0.4, 0.5) is 4.79 Å². The molecule has 0 unspecified atom stereocenters. The normalized spacial score (nSPS) is 30.8. The van der Waals surface area contributed by atoms with E-state index in [0.29, 0.717) is 26.3 Å². The van der Waals surface area contributed by atoms with Crippen molar-refractivity contribution in [2.24, 2.45) is 0 Å². The third kappa shape index (κ3) is 4.08. The molecule has 5 heteroatoms. The van der Waals surface area contributed by atoms with Gasteiger partial charge in [0.05, 0.1) is 24.9 Å². The molecule has 2 fully saturated rings. The maximum Gasteiger partial charge on any atom is 0.317 e. The van der Waals surface area contributed by atoms with Crippen LogP contribution in [0.3, 0.4) is 0 Å². The average molecular weight is 332 g/mol. The molecular weight excluding hydrogens is 304 g/mol. The Hall–Kier alpha value is -1.59. The molecule has 24 heavy (non-hydrogen) atoms. The largest absolute Gasteiger partial charge is 0.373 e. The fourth-order valence-corrected chi connectivity index (χ4v) is 3.41. The lowest BCUT2D eigenvalue weighted by Crippen LogP contribution is -2.56. The van der Waals surface area contributed by atoms with Gasteiger partial charge >= 0.3 is 6.03 Å². The molecule has 3 rings (SSSR count). The summed E-state index contributed by atoms with van der Waals surface area (Å²) in [5.41, 5.74) is 0.957. The number of benzene rings is 1. The number of ether oxygens (including phenoxy) is 2. The van der Waals surface area contributed by atoms with Crippen LogP contribution in [0.25, 0.3) is 0 Å². The molecule has 0 radical (unpaired) electrons.